The van der Waals surface area contributed by atoms with Crippen LogP contribution in [0.1, 0.15) is 24.2 Å². The molecule has 0 bridgehead atoms. The van der Waals surface area contributed by atoms with E-state index in [1.165, 1.54) is 6.07 Å². The number of carbonyl (C=O) groups is 1. The Bertz CT molecular complexity index is 442. The predicted molar refractivity (Wildman–Crippen MR) is 66.3 cm³/mol. The lowest BCUT2D eigenvalue weighted by molar-refractivity contribution is 0.0784. The number of carbonyl (C=O) groups excluding carboxylic acids is 1. The van der Waals surface area contributed by atoms with E-state index in [0.717, 1.165) is 13.1 Å². The van der Waals surface area contributed by atoms with Crippen LogP contribution in [0.3, 0.4) is 0 Å². The van der Waals surface area contributed by atoms with Crippen LogP contribution in [-0.4, -0.2) is 34.1 Å². The maximum Gasteiger partial charge on any atom is 0.257 e. The summed E-state index contributed by atoms with van der Waals surface area (Å²) in [6.07, 6.45) is 0. The summed E-state index contributed by atoms with van der Waals surface area (Å²) >= 11 is 11.6. The average molecular weight is 274 g/mol. The molecule has 1 aliphatic rings. The van der Waals surface area contributed by atoms with E-state index in [-0.39, 0.29) is 16.2 Å². The van der Waals surface area contributed by atoms with Gasteiger partial charge in [-0.25, -0.2) is 0 Å². The molecular weight excluding hydrogens is 261 g/mol. The molecule has 1 aromatic rings. The minimum absolute atomic E-state index is 0.103. The number of hydrogen-bond donors (Lipinski definition) is 0. The normalized spacial score (nSPS) is 24.1. The lowest BCUT2D eigenvalue weighted by atomic mass is 10.0. The SMILES string of the molecule is CC1CN(C(=O)c2cc(Cl)nnc2Cl)CC1C. The summed E-state index contributed by atoms with van der Waals surface area (Å²) < 4.78 is 0. The number of aromatic nitrogens is 2. The minimum Gasteiger partial charge on any atom is -0.338 e. The summed E-state index contributed by atoms with van der Waals surface area (Å²) in [7, 11) is 0. The molecule has 1 fully saturated rings. The molecule has 0 saturated carbocycles. The summed E-state index contributed by atoms with van der Waals surface area (Å²) in [5.41, 5.74) is 0.327. The number of halogens is 2. The van der Waals surface area contributed by atoms with Crippen molar-refractivity contribution < 1.29 is 4.79 Å². The van der Waals surface area contributed by atoms with Gasteiger partial charge >= 0.3 is 0 Å². The van der Waals surface area contributed by atoms with E-state index < -0.39 is 0 Å². The van der Waals surface area contributed by atoms with Gasteiger partial charge in [0, 0.05) is 13.1 Å². The zero-order valence-corrected chi connectivity index (χ0v) is 11.2. The molecule has 2 unspecified atom stereocenters. The van der Waals surface area contributed by atoms with Gasteiger partial charge < -0.3 is 4.90 Å². The Labute approximate surface area is 110 Å². The molecule has 2 heterocycles. The monoisotopic (exact) mass is 273 g/mol. The van der Waals surface area contributed by atoms with Gasteiger partial charge in [-0.1, -0.05) is 37.0 Å². The first kappa shape index (κ1) is 12.6. The van der Waals surface area contributed by atoms with Crippen molar-refractivity contribution in [3.63, 3.8) is 0 Å². The maximum atomic E-state index is 12.2. The molecular formula is C11H13Cl2N3O. The average Bonchev–Trinajstić information content (AvgIpc) is 2.62. The zero-order valence-electron chi connectivity index (χ0n) is 9.65. The summed E-state index contributed by atoms with van der Waals surface area (Å²) in [4.78, 5) is 14.0. The smallest absolute Gasteiger partial charge is 0.257 e. The Balaban J connectivity index is 2.23. The minimum atomic E-state index is -0.122. The molecule has 1 saturated heterocycles. The van der Waals surface area contributed by atoms with Gasteiger partial charge in [0.15, 0.2) is 10.3 Å². The van der Waals surface area contributed by atoms with Crippen LogP contribution in [0.15, 0.2) is 6.07 Å². The van der Waals surface area contributed by atoms with Crippen molar-refractivity contribution in [3.05, 3.63) is 21.9 Å². The molecule has 2 rings (SSSR count). The first-order chi connectivity index (χ1) is 7.99. The summed E-state index contributed by atoms with van der Waals surface area (Å²) in [6, 6.07) is 1.47. The van der Waals surface area contributed by atoms with E-state index in [1.54, 1.807) is 4.90 Å². The highest BCUT2D eigenvalue weighted by Gasteiger charge is 2.31. The lowest BCUT2D eigenvalue weighted by Gasteiger charge is -2.16. The van der Waals surface area contributed by atoms with E-state index >= 15 is 0 Å². The van der Waals surface area contributed by atoms with E-state index in [4.69, 9.17) is 23.2 Å². The zero-order chi connectivity index (χ0) is 12.6. The second-order valence-corrected chi connectivity index (χ2v) is 5.28. The third-order valence-electron chi connectivity index (χ3n) is 3.22. The van der Waals surface area contributed by atoms with Gasteiger partial charge in [0.25, 0.3) is 5.91 Å². The quantitative estimate of drug-likeness (QED) is 0.790. The van der Waals surface area contributed by atoms with Gasteiger partial charge in [0.2, 0.25) is 0 Å². The molecule has 4 nitrogen and oxygen atoms in total. The number of likely N-dealkylation sites (tertiary alicyclic amines) is 1. The van der Waals surface area contributed by atoms with Crippen molar-refractivity contribution in [1.29, 1.82) is 0 Å². The van der Waals surface area contributed by atoms with Crippen LogP contribution in [0.4, 0.5) is 0 Å². The van der Waals surface area contributed by atoms with Gasteiger partial charge in [0.05, 0.1) is 5.56 Å². The fraction of sp³-hybridized carbons (Fsp3) is 0.545. The van der Waals surface area contributed by atoms with E-state index in [2.05, 4.69) is 24.0 Å². The number of rotatable bonds is 1. The van der Waals surface area contributed by atoms with Crippen molar-refractivity contribution in [2.45, 2.75) is 13.8 Å². The van der Waals surface area contributed by atoms with Crippen LogP contribution < -0.4 is 0 Å². The molecule has 2 atom stereocenters. The summed E-state index contributed by atoms with van der Waals surface area (Å²) in [5.74, 6) is 0.883. The first-order valence-corrected chi connectivity index (χ1v) is 6.22. The number of hydrogen-bond acceptors (Lipinski definition) is 3. The van der Waals surface area contributed by atoms with Crippen molar-refractivity contribution in [1.82, 2.24) is 15.1 Å². The molecule has 0 aliphatic carbocycles. The second-order valence-electron chi connectivity index (χ2n) is 4.54. The van der Waals surface area contributed by atoms with Crippen molar-refractivity contribution in [2.24, 2.45) is 11.8 Å². The second kappa shape index (κ2) is 4.78. The van der Waals surface area contributed by atoms with Gasteiger partial charge in [0.1, 0.15) is 0 Å². The van der Waals surface area contributed by atoms with Gasteiger partial charge in [-0.15, -0.1) is 10.2 Å². The highest BCUT2D eigenvalue weighted by Crippen LogP contribution is 2.25. The van der Waals surface area contributed by atoms with E-state index in [0.29, 0.717) is 17.4 Å². The summed E-state index contributed by atoms with van der Waals surface area (Å²) in [5, 5.41) is 7.52. The molecule has 0 spiro atoms. The molecule has 1 amide bonds. The molecule has 1 aromatic heterocycles. The van der Waals surface area contributed by atoms with Crippen LogP contribution in [0, 0.1) is 11.8 Å². The molecule has 0 N–H and O–H groups in total. The largest absolute Gasteiger partial charge is 0.338 e. The third-order valence-corrected chi connectivity index (χ3v) is 3.69. The Kier molecular flexibility index (Phi) is 3.54. The Morgan fingerprint density at radius 3 is 2.47 bits per heavy atom. The first-order valence-electron chi connectivity index (χ1n) is 5.47. The van der Waals surface area contributed by atoms with Crippen molar-refractivity contribution >= 4 is 29.1 Å². The van der Waals surface area contributed by atoms with Crippen LogP contribution >= 0.6 is 23.2 Å². The lowest BCUT2D eigenvalue weighted by Crippen LogP contribution is -2.29. The Morgan fingerprint density at radius 1 is 1.29 bits per heavy atom. The molecule has 17 heavy (non-hydrogen) atoms. The summed E-state index contributed by atoms with van der Waals surface area (Å²) in [6.45, 7) is 5.77. The number of amides is 1. The van der Waals surface area contributed by atoms with Gasteiger partial charge in [-0.05, 0) is 17.9 Å². The predicted octanol–water partition coefficient (Wildman–Crippen LogP) is 2.51. The molecule has 0 radical (unpaired) electrons. The Morgan fingerprint density at radius 2 is 1.88 bits per heavy atom. The Hall–Kier alpha value is -0.870. The van der Waals surface area contributed by atoms with Crippen LogP contribution in [0.5, 0.6) is 0 Å². The maximum absolute atomic E-state index is 12.2. The van der Waals surface area contributed by atoms with Gasteiger partial charge in [-0.3, -0.25) is 4.79 Å². The fourth-order valence-corrected chi connectivity index (χ4v) is 2.29. The third kappa shape index (κ3) is 2.53. The van der Waals surface area contributed by atoms with Crippen molar-refractivity contribution in [2.75, 3.05) is 13.1 Å². The van der Waals surface area contributed by atoms with Crippen molar-refractivity contribution in [3.8, 4) is 0 Å². The molecule has 6 heteroatoms. The topological polar surface area (TPSA) is 46.1 Å². The van der Waals surface area contributed by atoms with E-state index in [9.17, 15) is 4.79 Å². The van der Waals surface area contributed by atoms with Crippen LogP contribution in [-0.2, 0) is 0 Å². The number of nitrogens with zero attached hydrogens (tertiary/aromatic N) is 3. The van der Waals surface area contributed by atoms with Gasteiger partial charge in [-0.2, -0.15) is 0 Å². The molecule has 0 aromatic carbocycles. The molecule has 1 aliphatic heterocycles. The van der Waals surface area contributed by atoms with Crippen LogP contribution in [0.25, 0.3) is 0 Å². The van der Waals surface area contributed by atoms with E-state index in [1.807, 2.05) is 0 Å². The highest BCUT2D eigenvalue weighted by molar-refractivity contribution is 6.34. The standard InChI is InChI=1S/C11H13Cl2N3O/c1-6-4-16(5-7(6)2)11(17)8-3-9(12)14-15-10(8)13/h3,6-7H,4-5H2,1-2H3. The highest BCUT2D eigenvalue weighted by atomic mass is 35.5. The fourth-order valence-electron chi connectivity index (χ4n) is 1.97. The molecule has 92 valence electrons. The van der Waals surface area contributed by atoms with Crippen LogP contribution in [0.2, 0.25) is 10.3 Å².